The molecule has 1 rings (SSSR count). The van der Waals surface area contributed by atoms with Gasteiger partial charge in [0.15, 0.2) is 0 Å². The Labute approximate surface area is 113 Å². The minimum absolute atomic E-state index is 0.625. The van der Waals surface area contributed by atoms with Gasteiger partial charge in [0.2, 0.25) is 0 Å². The van der Waals surface area contributed by atoms with Crippen LogP contribution in [-0.2, 0) is 6.42 Å². The topological polar surface area (TPSA) is 26.0 Å². The molecule has 0 bridgehead atoms. The molecule has 0 saturated heterocycles. The second-order valence-corrected chi connectivity index (χ2v) is 5.93. The molecule has 2 N–H and O–H groups in total. The predicted octanol–water partition coefficient (Wildman–Crippen LogP) is 4.17. The van der Waals surface area contributed by atoms with Crippen LogP contribution in [0.3, 0.4) is 0 Å². The average molecular weight is 247 g/mol. The van der Waals surface area contributed by atoms with Gasteiger partial charge in [0.1, 0.15) is 0 Å². The molecule has 0 heterocycles. The molecule has 1 aromatic carbocycles. The van der Waals surface area contributed by atoms with Crippen molar-refractivity contribution in [3.05, 3.63) is 34.4 Å². The highest BCUT2D eigenvalue weighted by Crippen LogP contribution is 2.23. The van der Waals surface area contributed by atoms with Gasteiger partial charge in [-0.3, -0.25) is 0 Å². The van der Waals surface area contributed by atoms with Gasteiger partial charge < -0.3 is 5.73 Å². The lowest BCUT2D eigenvalue weighted by Gasteiger charge is -2.21. The summed E-state index contributed by atoms with van der Waals surface area (Å²) in [6, 6.07) is 4.58. The zero-order valence-corrected chi connectivity index (χ0v) is 12.7. The molecule has 0 amide bonds. The standard InChI is InChI=1S/C17H29N/c1-6-12(2)9-16(11-18)10-17-14(4)7-13(3)8-15(17)5/h7-8,12,16H,6,9-11,18H2,1-5H3. The largest absolute Gasteiger partial charge is 0.330 e. The van der Waals surface area contributed by atoms with E-state index in [0.717, 1.165) is 18.9 Å². The van der Waals surface area contributed by atoms with Gasteiger partial charge in [0, 0.05) is 0 Å². The van der Waals surface area contributed by atoms with E-state index >= 15 is 0 Å². The Balaban J connectivity index is 2.82. The van der Waals surface area contributed by atoms with Crippen LogP contribution in [0.4, 0.5) is 0 Å². The maximum absolute atomic E-state index is 5.95. The van der Waals surface area contributed by atoms with Gasteiger partial charge in [0.25, 0.3) is 0 Å². The highest BCUT2D eigenvalue weighted by Gasteiger charge is 2.14. The summed E-state index contributed by atoms with van der Waals surface area (Å²) >= 11 is 0. The minimum Gasteiger partial charge on any atom is -0.330 e. The molecular weight excluding hydrogens is 218 g/mol. The van der Waals surface area contributed by atoms with Crippen molar-refractivity contribution in [2.45, 2.75) is 53.9 Å². The summed E-state index contributed by atoms with van der Waals surface area (Å²) in [4.78, 5) is 0. The minimum atomic E-state index is 0.625. The van der Waals surface area contributed by atoms with Crippen LogP contribution in [0.25, 0.3) is 0 Å². The number of rotatable bonds is 6. The fourth-order valence-electron chi connectivity index (χ4n) is 2.82. The first-order valence-corrected chi connectivity index (χ1v) is 7.24. The lowest BCUT2D eigenvalue weighted by atomic mass is 9.86. The average Bonchev–Trinajstić information content (AvgIpc) is 2.31. The molecule has 0 saturated carbocycles. The Hall–Kier alpha value is -0.820. The zero-order chi connectivity index (χ0) is 13.7. The molecule has 2 unspecified atom stereocenters. The Morgan fingerprint density at radius 2 is 1.67 bits per heavy atom. The molecule has 18 heavy (non-hydrogen) atoms. The van der Waals surface area contributed by atoms with Crippen molar-refractivity contribution in [1.82, 2.24) is 0 Å². The summed E-state index contributed by atoms with van der Waals surface area (Å²) in [5, 5.41) is 0. The van der Waals surface area contributed by atoms with Crippen LogP contribution in [0.1, 0.15) is 48.9 Å². The summed E-state index contributed by atoms with van der Waals surface area (Å²) in [5.41, 5.74) is 11.7. The Morgan fingerprint density at radius 3 is 2.11 bits per heavy atom. The molecule has 0 aliphatic heterocycles. The van der Waals surface area contributed by atoms with Crippen molar-refractivity contribution in [3.8, 4) is 0 Å². The SMILES string of the molecule is CCC(C)CC(CN)Cc1c(C)cc(C)cc1C. The maximum Gasteiger partial charge on any atom is -0.00456 e. The number of aryl methyl sites for hydroxylation is 3. The van der Waals surface area contributed by atoms with Gasteiger partial charge in [-0.1, -0.05) is 38.0 Å². The molecule has 1 nitrogen and oxygen atoms in total. The van der Waals surface area contributed by atoms with Crippen molar-refractivity contribution in [1.29, 1.82) is 0 Å². The van der Waals surface area contributed by atoms with E-state index in [-0.39, 0.29) is 0 Å². The third-order valence-electron chi connectivity index (χ3n) is 4.10. The third kappa shape index (κ3) is 4.13. The van der Waals surface area contributed by atoms with Crippen LogP contribution in [0.5, 0.6) is 0 Å². The molecular formula is C17H29N. The van der Waals surface area contributed by atoms with E-state index in [2.05, 4.69) is 46.8 Å². The van der Waals surface area contributed by atoms with Crippen LogP contribution >= 0.6 is 0 Å². The molecule has 1 aromatic rings. The first kappa shape index (κ1) is 15.2. The van der Waals surface area contributed by atoms with E-state index in [1.165, 1.54) is 35.1 Å². The molecule has 0 radical (unpaired) electrons. The second kappa shape index (κ2) is 6.94. The van der Waals surface area contributed by atoms with Crippen molar-refractivity contribution in [2.24, 2.45) is 17.6 Å². The van der Waals surface area contributed by atoms with Crippen molar-refractivity contribution in [3.63, 3.8) is 0 Å². The monoisotopic (exact) mass is 247 g/mol. The highest BCUT2D eigenvalue weighted by molar-refractivity contribution is 5.37. The van der Waals surface area contributed by atoms with Crippen molar-refractivity contribution < 1.29 is 0 Å². The second-order valence-electron chi connectivity index (χ2n) is 5.93. The summed E-state index contributed by atoms with van der Waals surface area (Å²) < 4.78 is 0. The molecule has 0 aromatic heterocycles. The van der Waals surface area contributed by atoms with Gasteiger partial charge in [0.05, 0.1) is 0 Å². The third-order valence-corrected chi connectivity index (χ3v) is 4.10. The van der Waals surface area contributed by atoms with E-state index in [4.69, 9.17) is 5.73 Å². The smallest absolute Gasteiger partial charge is 0.00456 e. The van der Waals surface area contributed by atoms with E-state index in [1.807, 2.05) is 0 Å². The molecule has 102 valence electrons. The first-order chi connectivity index (χ1) is 8.47. The van der Waals surface area contributed by atoms with Crippen LogP contribution < -0.4 is 5.73 Å². The first-order valence-electron chi connectivity index (χ1n) is 7.24. The molecule has 0 aliphatic carbocycles. The Bertz CT molecular complexity index is 358. The van der Waals surface area contributed by atoms with Gasteiger partial charge in [-0.25, -0.2) is 0 Å². The summed E-state index contributed by atoms with van der Waals surface area (Å²) in [6.07, 6.45) is 3.64. The highest BCUT2D eigenvalue weighted by atomic mass is 14.5. The number of benzene rings is 1. The predicted molar refractivity (Wildman–Crippen MR) is 81.0 cm³/mol. The normalized spacial score (nSPS) is 14.6. The lowest BCUT2D eigenvalue weighted by molar-refractivity contribution is 0.386. The summed E-state index contributed by atoms with van der Waals surface area (Å²) in [6.45, 7) is 12.0. The van der Waals surface area contributed by atoms with E-state index in [1.54, 1.807) is 0 Å². The van der Waals surface area contributed by atoms with Gasteiger partial charge in [-0.15, -0.1) is 0 Å². The zero-order valence-electron chi connectivity index (χ0n) is 12.7. The fraction of sp³-hybridized carbons (Fsp3) is 0.647. The molecule has 0 aliphatic rings. The van der Waals surface area contributed by atoms with Crippen LogP contribution in [0.2, 0.25) is 0 Å². The quantitative estimate of drug-likeness (QED) is 0.802. The molecule has 0 fully saturated rings. The van der Waals surface area contributed by atoms with Crippen LogP contribution in [0, 0.1) is 32.6 Å². The van der Waals surface area contributed by atoms with Gasteiger partial charge in [-0.2, -0.15) is 0 Å². The lowest BCUT2D eigenvalue weighted by Crippen LogP contribution is -2.20. The maximum atomic E-state index is 5.95. The van der Waals surface area contributed by atoms with Gasteiger partial charge >= 0.3 is 0 Å². The number of nitrogens with two attached hydrogens (primary N) is 1. The van der Waals surface area contributed by atoms with Crippen LogP contribution in [0.15, 0.2) is 12.1 Å². The van der Waals surface area contributed by atoms with Crippen molar-refractivity contribution in [2.75, 3.05) is 6.54 Å². The van der Waals surface area contributed by atoms with E-state index in [9.17, 15) is 0 Å². The summed E-state index contributed by atoms with van der Waals surface area (Å²) in [7, 11) is 0. The fourth-order valence-corrected chi connectivity index (χ4v) is 2.82. The summed E-state index contributed by atoms with van der Waals surface area (Å²) in [5.74, 6) is 1.41. The van der Waals surface area contributed by atoms with E-state index in [0.29, 0.717) is 5.92 Å². The number of hydrogen-bond acceptors (Lipinski definition) is 1. The van der Waals surface area contributed by atoms with E-state index < -0.39 is 0 Å². The van der Waals surface area contributed by atoms with Gasteiger partial charge in [-0.05, 0) is 68.7 Å². The Morgan fingerprint density at radius 1 is 1.11 bits per heavy atom. The van der Waals surface area contributed by atoms with Crippen LogP contribution in [-0.4, -0.2) is 6.54 Å². The molecule has 1 heteroatoms. The van der Waals surface area contributed by atoms with Crippen molar-refractivity contribution >= 4 is 0 Å². The molecule has 0 spiro atoms. The molecule has 2 atom stereocenters. The number of hydrogen-bond donors (Lipinski definition) is 1. The Kier molecular flexibility index (Phi) is 5.87.